The number of amides is 1. The Bertz CT molecular complexity index is 2590. The van der Waals surface area contributed by atoms with E-state index in [-0.39, 0.29) is 29.2 Å². The summed E-state index contributed by atoms with van der Waals surface area (Å²) in [6.45, 7) is 3.77. The van der Waals surface area contributed by atoms with E-state index in [0.717, 1.165) is 56.5 Å². The van der Waals surface area contributed by atoms with E-state index in [9.17, 15) is 14.4 Å². The summed E-state index contributed by atoms with van der Waals surface area (Å²) in [6.07, 6.45) is 2.03. The third-order valence-corrected chi connectivity index (χ3v) is 13.8. The molecule has 5 heterocycles. The number of thiophene rings is 1. The molecule has 0 aliphatic carbocycles. The van der Waals surface area contributed by atoms with Crippen molar-refractivity contribution in [1.82, 2.24) is 14.0 Å². The van der Waals surface area contributed by atoms with E-state index >= 15 is 0 Å². The van der Waals surface area contributed by atoms with Gasteiger partial charge in [0.25, 0.3) is 11.5 Å². The molecule has 0 N–H and O–H groups in total. The van der Waals surface area contributed by atoms with Gasteiger partial charge in [-0.25, -0.2) is 4.79 Å². The number of aromatic nitrogens is 2. The Balaban J connectivity index is 0.967. The Kier molecular flexibility index (Phi) is 10.4. The first-order valence-corrected chi connectivity index (χ1v) is 21.7. The zero-order valence-corrected chi connectivity index (χ0v) is 33.7. The van der Waals surface area contributed by atoms with Crippen molar-refractivity contribution < 1.29 is 14.3 Å². The number of nitrogens with zero attached hydrogens (tertiary/aromatic N) is 4. The number of hydrogen-bond acceptors (Lipinski definition) is 8. The summed E-state index contributed by atoms with van der Waals surface area (Å²) in [5, 5.41) is 0. The zero-order chi connectivity index (χ0) is 39.0. The average Bonchev–Trinajstić information content (AvgIpc) is 3.72. The van der Waals surface area contributed by atoms with Crippen molar-refractivity contribution in [1.29, 1.82) is 0 Å². The number of thioether (sulfide) groups is 1. The number of carbonyl (C=O) groups excluding carboxylic acids is 1. The Hall–Kier alpha value is -5.39. The zero-order valence-electron chi connectivity index (χ0n) is 32.1. The molecule has 2 aromatic heterocycles. The number of carbonyl (C=O) groups is 1. The monoisotopic (exact) mass is 796 g/mol. The molecule has 1 amide bonds. The minimum absolute atomic E-state index is 0.0616. The van der Waals surface area contributed by atoms with Crippen LogP contribution in [0.25, 0.3) is 20.7 Å². The van der Waals surface area contributed by atoms with Crippen LogP contribution < -0.4 is 20.7 Å². The number of likely N-dealkylation sites (tertiary alicyclic amines) is 1. The first-order chi connectivity index (χ1) is 27.9. The van der Waals surface area contributed by atoms with Gasteiger partial charge in [-0.2, -0.15) is 11.8 Å². The van der Waals surface area contributed by atoms with E-state index in [2.05, 4.69) is 12.1 Å². The summed E-state index contributed by atoms with van der Waals surface area (Å²) >= 11 is 3.40. The fourth-order valence-electron chi connectivity index (χ4n) is 8.59. The fourth-order valence-corrected chi connectivity index (χ4v) is 10.9. The third-order valence-electron chi connectivity index (χ3n) is 11.5. The van der Waals surface area contributed by atoms with Gasteiger partial charge >= 0.3 is 5.69 Å². The summed E-state index contributed by atoms with van der Waals surface area (Å²) < 4.78 is 15.5. The number of methoxy groups -OCH3 is 1. The highest BCUT2D eigenvalue weighted by molar-refractivity contribution is 7.99. The highest BCUT2D eigenvalue weighted by Gasteiger charge is 2.35. The van der Waals surface area contributed by atoms with Gasteiger partial charge in [0.05, 0.1) is 37.5 Å². The van der Waals surface area contributed by atoms with Crippen LogP contribution in [0.3, 0.4) is 0 Å². The quantitative estimate of drug-likeness (QED) is 0.146. The highest BCUT2D eigenvalue weighted by Crippen LogP contribution is 2.44. The maximum atomic E-state index is 14.3. The van der Waals surface area contributed by atoms with E-state index in [1.54, 1.807) is 11.7 Å². The molecule has 9 rings (SSSR count). The number of aliphatic imine (C=N–C) groups is 1. The second-order valence-electron chi connectivity index (χ2n) is 14.9. The number of piperidine rings is 1. The van der Waals surface area contributed by atoms with Gasteiger partial charge in [0.15, 0.2) is 11.5 Å². The van der Waals surface area contributed by atoms with E-state index in [0.29, 0.717) is 66.5 Å². The first kappa shape index (κ1) is 37.2. The van der Waals surface area contributed by atoms with Gasteiger partial charge in [-0.15, -0.1) is 11.3 Å². The van der Waals surface area contributed by atoms with E-state index in [4.69, 9.17) is 14.5 Å². The summed E-state index contributed by atoms with van der Waals surface area (Å²) in [4.78, 5) is 50.5. The Morgan fingerprint density at radius 2 is 1.60 bits per heavy atom. The van der Waals surface area contributed by atoms with Crippen LogP contribution in [0, 0.1) is 0 Å². The molecule has 4 aromatic carbocycles. The SMILES string of the molecule is CCOc1cc2c(cc1OC)C(c1ccc(C(=O)N3CCC(n4c(=O)c5sc(-c6ccccc6)cc5n(Cc5ccccc5)c4=O)CC3)cc1)=N[C@@H]1CCSC[C@H]21. The van der Waals surface area contributed by atoms with Crippen molar-refractivity contribution in [3.8, 4) is 21.9 Å². The summed E-state index contributed by atoms with van der Waals surface area (Å²) in [5.74, 6) is 3.80. The van der Waals surface area contributed by atoms with Crippen molar-refractivity contribution >= 4 is 44.9 Å². The molecule has 9 nitrogen and oxygen atoms in total. The second-order valence-corrected chi connectivity index (χ2v) is 17.1. The fraction of sp³-hybridized carbons (Fsp3) is 0.304. The topological polar surface area (TPSA) is 95.1 Å². The molecule has 3 aliphatic rings. The van der Waals surface area contributed by atoms with Crippen LogP contribution in [0.2, 0.25) is 0 Å². The Labute approximate surface area is 339 Å². The first-order valence-electron chi connectivity index (χ1n) is 19.7. The van der Waals surface area contributed by atoms with Gasteiger partial charge < -0.3 is 14.4 Å². The highest BCUT2D eigenvalue weighted by atomic mass is 32.2. The predicted molar refractivity (Wildman–Crippen MR) is 230 cm³/mol. The Morgan fingerprint density at radius 3 is 2.32 bits per heavy atom. The molecular formula is C46H44N4O5S2. The molecule has 290 valence electrons. The minimum atomic E-state index is -0.322. The van der Waals surface area contributed by atoms with Crippen LogP contribution >= 0.6 is 23.1 Å². The van der Waals surface area contributed by atoms with Crippen LogP contribution in [0.1, 0.15) is 70.8 Å². The number of fused-ring (bicyclic) bond motifs is 4. The molecule has 2 fully saturated rings. The lowest BCUT2D eigenvalue weighted by molar-refractivity contribution is 0.0691. The maximum absolute atomic E-state index is 14.3. The Morgan fingerprint density at radius 1 is 0.860 bits per heavy atom. The molecule has 6 aromatic rings. The van der Waals surface area contributed by atoms with Crippen LogP contribution in [0.4, 0.5) is 0 Å². The van der Waals surface area contributed by atoms with E-state index in [1.165, 1.54) is 21.5 Å². The second kappa shape index (κ2) is 15.9. The molecule has 11 heteroatoms. The molecule has 0 unspecified atom stereocenters. The van der Waals surface area contributed by atoms with Crippen molar-refractivity contribution in [2.75, 3.05) is 38.3 Å². The molecule has 0 bridgehead atoms. The summed E-state index contributed by atoms with van der Waals surface area (Å²) in [5.41, 5.74) is 6.84. The molecule has 57 heavy (non-hydrogen) atoms. The van der Waals surface area contributed by atoms with Crippen LogP contribution in [0.5, 0.6) is 11.5 Å². The normalized spacial score (nSPS) is 18.1. The van der Waals surface area contributed by atoms with Crippen molar-refractivity contribution in [3.05, 3.63) is 152 Å². The lowest BCUT2D eigenvalue weighted by Crippen LogP contribution is -2.46. The third kappa shape index (κ3) is 7.01. The van der Waals surface area contributed by atoms with Gasteiger partial charge in [-0.05, 0) is 79.0 Å². The van der Waals surface area contributed by atoms with Crippen molar-refractivity contribution in [3.63, 3.8) is 0 Å². The molecule has 2 atom stereocenters. The van der Waals surface area contributed by atoms with E-state index < -0.39 is 0 Å². The molecular weight excluding hydrogens is 753 g/mol. The van der Waals surface area contributed by atoms with Gasteiger partial charge in [-0.3, -0.25) is 23.7 Å². The smallest absolute Gasteiger partial charge is 0.332 e. The number of rotatable bonds is 9. The minimum Gasteiger partial charge on any atom is -0.493 e. The molecule has 0 spiro atoms. The van der Waals surface area contributed by atoms with Crippen LogP contribution in [-0.4, -0.2) is 70.0 Å². The molecule has 3 aliphatic heterocycles. The maximum Gasteiger partial charge on any atom is 0.332 e. The van der Waals surface area contributed by atoms with Gasteiger partial charge in [0.2, 0.25) is 0 Å². The number of benzene rings is 4. The molecule has 2 saturated heterocycles. The standard InChI is InChI=1S/C46H44N4O5S2/c1-3-55-40-24-34-35(25-39(40)54-2)42(47-37-20-23-56-28-36(34)37)31-14-16-32(17-15-31)44(51)48-21-18-33(19-22-48)50-45(52)43-38(26-41(57-43)30-12-8-5-9-13-30)49(46(50)53)27-29-10-6-4-7-11-29/h4-17,24-26,33,36-37H,3,18-23,27-28H2,1-2H3/t36-,37-/m1/s1. The largest absolute Gasteiger partial charge is 0.493 e. The lowest BCUT2D eigenvalue weighted by Gasteiger charge is -2.35. The van der Waals surface area contributed by atoms with Crippen LogP contribution in [0.15, 0.2) is 118 Å². The predicted octanol–water partition coefficient (Wildman–Crippen LogP) is 8.26. The number of ether oxygens (including phenoxy) is 2. The summed E-state index contributed by atoms with van der Waals surface area (Å²) in [7, 11) is 1.66. The molecule has 0 saturated carbocycles. The van der Waals surface area contributed by atoms with Crippen molar-refractivity contribution in [2.45, 2.75) is 50.7 Å². The van der Waals surface area contributed by atoms with Gasteiger partial charge in [-0.1, -0.05) is 72.8 Å². The van der Waals surface area contributed by atoms with Crippen molar-refractivity contribution in [2.24, 2.45) is 4.99 Å². The van der Waals surface area contributed by atoms with Crippen LogP contribution in [-0.2, 0) is 6.54 Å². The van der Waals surface area contributed by atoms with Gasteiger partial charge in [0, 0.05) is 52.4 Å². The van der Waals surface area contributed by atoms with Gasteiger partial charge in [0.1, 0.15) is 4.70 Å². The summed E-state index contributed by atoms with van der Waals surface area (Å²) in [6, 6.07) is 33.6. The average molecular weight is 797 g/mol. The van der Waals surface area contributed by atoms with E-state index in [1.807, 2.05) is 115 Å². The number of hydrogen-bond donors (Lipinski definition) is 0. The lowest BCUT2D eigenvalue weighted by atomic mass is 9.81. The molecule has 0 radical (unpaired) electrons.